The van der Waals surface area contributed by atoms with E-state index in [4.69, 9.17) is 0 Å². The summed E-state index contributed by atoms with van der Waals surface area (Å²) in [5.74, 6) is -2.47. The van der Waals surface area contributed by atoms with Gasteiger partial charge in [0.2, 0.25) is 0 Å². The summed E-state index contributed by atoms with van der Waals surface area (Å²) in [6, 6.07) is 2.82. The van der Waals surface area contributed by atoms with Gasteiger partial charge in [-0.2, -0.15) is 0 Å². The SMILES string of the molecule is CC[C@@H]1CN(C(=O)Nc2cccnc2)[C@H](CO)[C@@H]1CN1CCC(F)(F)C1. The topological polar surface area (TPSA) is 68.7 Å². The molecule has 8 heteroatoms. The highest BCUT2D eigenvalue weighted by Gasteiger charge is 2.46. The zero-order chi connectivity index (χ0) is 18.7. The average molecular weight is 368 g/mol. The molecular weight excluding hydrogens is 342 g/mol. The Labute approximate surface area is 152 Å². The smallest absolute Gasteiger partial charge is 0.322 e. The number of likely N-dealkylation sites (tertiary alicyclic amines) is 2. The molecule has 6 nitrogen and oxygen atoms in total. The van der Waals surface area contributed by atoms with Gasteiger partial charge in [-0.25, -0.2) is 13.6 Å². The molecule has 2 fully saturated rings. The minimum atomic E-state index is -2.63. The van der Waals surface area contributed by atoms with Crippen LogP contribution in [-0.4, -0.2) is 70.7 Å². The first-order chi connectivity index (χ1) is 12.4. The minimum Gasteiger partial charge on any atom is -0.394 e. The number of pyridine rings is 1. The third-order valence-corrected chi connectivity index (χ3v) is 5.53. The Morgan fingerprint density at radius 1 is 1.50 bits per heavy atom. The fourth-order valence-corrected chi connectivity index (χ4v) is 4.13. The van der Waals surface area contributed by atoms with E-state index in [0.29, 0.717) is 25.3 Å². The molecule has 3 atom stereocenters. The molecule has 0 aliphatic carbocycles. The zero-order valence-corrected chi connectivity index (χ0v) is 14.9. The highest BCUT2D eigenvalue weighted by Crippen LogP contribution is 2.35. The second kappa shape index (κ2) is 7.84. The maximum atomic E-state index is 13.5. The van der Waals surface area contributed by atoms with Crippen LogP contribution in [0.25, 0.3) is 0 Å². The summed E-state index contributed by atoms with van der Waals surface area (Å²) >= 11 is 0. The molecule has 1 aromatic heterocycles. The second-order valence-corrected chi connectivity index (χ2v) is 7.25. The molecule has 26 heavy (non-hydrogen) atoms. The number of hydrogen-bond acceptors (Lipinski definition) is 4. The fourth-order valence-electron chi connectivity index (χ4n) is 4.13. The zero-order valence-electron chi connectivity index (χ0n) is 14.9. The van der Waals surface area contributed by atoms with Crippen molar-refractivity contribution in [1.82, 2.24) is 14.8 Å². The lowest BCUT2D eigenvalue weighted by Crippen LogP contribution is -2.45. The summed E-state index contributed by atoms with van der Waals surface area (Å²) < 4.78 is 27.0. The number of alkyl halides is 2. The maximum Gasteiger partial charge on any atom is 0.322 e. The summed E-state index contributed by atoms with van der Waals surface area (Å²) in [5.41, 5.74) is 0.588. The number of urea groups is 1. The number of rotatable bonds is 5. The van der Waals surface area contributed by atoms with Crippen LogP contribution >= 0.6 is 0 Å². The predicted molar refractivity (Wildman–Crippen MR) is 94.1 cm³/mol. The second-order valence-electron chi connectivity index (χ2n) is 7.25. The van der Waals surface area contributed by atoms with Crippen LogP contribution in [0.3, 0.4) is 0 Å². The lowest BCUT2D eigenvalue weighted by Gasteiger charge is -2.30. The van der Waals surface area contributed by atoms with E-state index in [2.05, 4.69) is 10.3 Å². The van der Waals surface area contributed by atoms with Crippen molar-refractivity contribution in [3.05, 3.63) is 24.5 Å². The average Bonchev–Trinajstić information content (AvgIpc) is 3.15. The van der Waals surface area contributed by atoms with Gasteiger partial charge in [0.05, 0.1) is 31.1 Å². The Hall–Kier alpha value is -1.80. The maximum absolute atomic E-state index is 13.5. The van der Waals surface area contributed by atoms with E-state index in [0.717, 1.165) is 6.42 Å². The van der Waals surface area contributed by atoms with E-state index < -0.39 is 5.92 Å². The molecule has 144 valence electrons. The Balaban J connectivity index is 1.69. The van der Waals surface area contributed by atoms with Crippen LogP contribution in [0.5, 0.6) is 0 Å². The molecule has 0 unspecified atom stereocenters. The van der Waals surface area contributed by atoms with Crippen molar-refractivity contribution >= 4 is 11.7 Å². The van der Waals surface area contributed by atoms with Crippen molar-refractivity contribution in [2.75, 3.05) is 38.1 Å². The molecule has 2 N–H and O–H groups in total. The lowest BCUT2D eigenvalue weighted by molar-refractivity contribution is 0.00917. The van der Waals surface area contributed by atoms with Gasteiger partial charge in [-0.3, -0.25) is 9.88 Å². The van der Waals surface area contributed by atoms with Gasteiger partial charge in [-0.1, -0.05) is 13.3 Å². The standard InChI is InChI=1S/C18H26F2N4O2/c1-2-13-9-24(17(26)22-14-4-3-6-21-8-14)16(11-25)15(13)10-23-7-5-18(19,20)12-23/h3-4,6,8,13,15-16,25H,2,5,7,9-12H2,1H3,(H,22,26)/t13-,15-,16-/m1/s1. The molecule has 2 aliphatic heterocycles. The first kappa shape index (κ1) is 19.0. The Bertz CT molecular complexity index is 616. The van der Waals surface area contributed by atoms with Gasteiger partial charge >= 0.3 is 6.03 Å². The number of hydrogen-bond donors (Lipinski definition) is 2. The van der Waals surface area contributed by atoms with Crippen LogP contribution in [0, 0.1) is 11.8 Å². The number of carbonyl (C=O) groups is 1. The Morgan fingerprint density at radius 3 is 2.88 bits per heavy atom. The molecule has 0 radical (unpaired) electrons. The van der Waals surface area contributed by atoms with Crippen molar-refractivity contribution in [3.63, 3.8) is 0 Å². The van der Waals surface area contributed by atoms with E-state index in [9.17, 15) is 18.7 Å². The van der Waals surface area contributed by atoms with Crippen molar-refractivity contribution in [3.8, 4) is 0 Å². The fraction of sp³-hybridized carbons (Fsp3) is 0.667. The van der Waals surface area contributed by atoms with Crippen LogP contribution in [0.2, 0.25) is 0 Å². The number of carbonyl (C=O) groups excluding carboxylic acids is 1. The van der Waals surface area contributed by atoms with Crippen molar-refractivity contribution in [2.24, 2.45) is 11.8 Å². The van der Waals surface area contributed by atoms with Crippen molar-refractivity contribution in [2.45, 2.75) is 31.7 Å². The summed E-state index contributed by atoms with van der Waals surface area (Å²) in [6.45, 7) is 2.98. The molecule has 3 rings (SSSR count). The van der Waals surface area contributed by atoms with Gasteiger partial charge in [0.15, 0.2) is 0 Å². The van der Waals surface area contributed by atoms with Gasteiger partial charge < -0.3 is 15.3 Å². The molecule has 2 saturated heterocycles. The lowest BCUT2D eigenvalue weighted by atomic mass is 9.88. The van der Waals surface area contributed by atoms with Crippen LogP contribution in [-0.2, 0) is 0 Å². The Morgan fingerprint density at radius 2 is 2.31 bits per heavy atom. The van der Waals surface area contributed by atoms with Crippen LogP contribution in [0.15, 0.2) is 24.5 Å². The van der Waals surface area contributed by atoms with E-state index >= 15 is 0 Å². The van der Waals surface area contributed by atoms with E-state index in [-0.39, 0.29) is 43.5 Å². The van der Waals surface area contributed by atoms with Crippen LogP contribution in [0.4, 0.5) is 19.3 Å². The van der Waals surface area contributed by atoms with E-state index in [1.807, 2.05) is 6.92 Å². The Kier molecular flexibility index (Phi) is 5.72. The van der Waals surface area contributed by atoms with Gasteiger partial charge in [0, 0.05) is 32.3 Å². The first-order valence-electron chi connectivity index (χ1n) is 9.12. The molecule has 3 heterocycles. The number of nitrogens with zero attached hydrogens (tertiary/aromatic N) is 3. The van der Waals surface area contributed by atoms with Gasteiger partial charge in [0.25, 0.3) is 5.92 Å². The molecular formula is C18H26F2N4O2. The number of amides is 2. The molecule has 0 spiro atoms. The number of halogens is 2. The third-order valence-electron chi connectivity index (χ3n) is 5.53. The summed E-state index contributed by atoms with van der Waals surface area (Å²) in [5, 5.41) is 12.7. The third kappa shape index (κ3) is 4.12. The largest absolute Gasteiger partial charge is 0.394 e. The van der Waals surface area contributed by atoms with Crippen LogP contribution < -0.4 is 5.32 Å². The predicted octanol–water partition coefficient (Wildman–Crippen LogP) is 2.27. The number of aliphatic hydroxyl groups excluding tert-OH is 1. The molecule has 0 bridgehead atoms. The number of aromatic nitrogens is 1. The molecule has 1 aromatic rings. The highest BCUT2D eigenvalue weighted by molar-refractivity contribution is 5.89. The van der Waals surface area contributed by atoms with Gasteiger partial charge in [0.1, 0.15) is 0 Å². The van der Waals surface area contributed by atoms with Gasteiger partial charge in [-0.05, 0) is 24.0 Å². The van der Waals surface area contributed by atoms with Crippen molar-refractivity contribution < 1.29 is 18.7 Å². The normalized spacial score (nSPS) is 28.5. The molecule has 2 aliphatic rings. The summed E-state index contributed by atoms with van der Waals surface area (Å²) in [4.78, 5) is 20.0. The first-order valence-corrected chi connectivity index (χ1v) is 9.12. The minimum absolute atomic E-state index is 0.0152. The number of anilines is 1. The molecule has 0 aromatic carbocycles. The van der Waals surface area contributed by atoms with Gasteiger partial charge in [-0.15, -0.1) is 0 Å². The highest BCUT2D eigenvalue weighted by atomic mass is 19.3. The van der Waals surface area contributed by atoms with Crippen LogP contribution in [0.1, 0.15) is 19.8 Å². The quantitative estimate of drug-likeness (QED) is 0.837. The van der Waals surface area contributed by atoms with E-state index in [1.165, 1.54) is 0 Å². The summed E-state index contributed by atoms with van der Waals surface area (Å²) in [6.07, 6.45) is 3.90. The molecule has 2 amide bonds. The van der Waals surface area contributed by atoms with Crippen molar-refractivity contribution in [1.29, 1.82) is 0 Å². The number of nitrogens with one attached hydrogen (secondary N) is 1. The molecule has 0 saturated carbocycles. The monoisotopic (exact) mass is 368 g/mol. The summed E-state index contributed by atoms with van der Waals surface area (Å²) in [7, 11) is 0. The van der Waals surface area contributed by atoms with E-state index in [1.54, 1.807) is 34.3 Å². The number of aliphatic hydroxyl groups is 1.